The van der Waals surface area contributed by atoms with E-state index in [2.05, 4.69) is 50.4 Å². The molecule has 1 unspecified atom stereocenters. The van der Waals surface area contributed by atoms with Crippen LogP contribution in [0.5, 0.6) is 0 Å². The van der Waals surface area contributed by atoms with Gasteiger partial charge in [0.25, 0.3) is 0 Å². The average Bonchev–Trinajstić information content (AvgIpc) is 2.80. The number of ether oxygens (including phenoxy) is 1. The number of rotatable bonds is 3. The molecule has 1 fully saturated rings. The molecule has 0 radical (unpaired) electrons. The third-order valence-corrected chi connectivity index (χ3v) is 5.01. The van der Waals surface area contributed by atoms with Gasteiger partial charge in [-0.25, -0.2) is 0 Å². The van der Waals surface area contributed by atoms with E-state index in [1.54, 1.807) is 0 Å². The zero-order valence-corrected chi connectivity index (χ0v) is 14.3. The number of aromatic nitrogens is 2. The van der Waals surface area contributed by atoms with E-state index in [0.29, 0.717) is 6.04 Å². The fraction of sp³-hybridized carbons (Fsp3) is 0.812. The van der Waals surface area contributed by atoms with Crippen LogP contribution in [0, 0.1) is 4.77 Å². The lowest BCUT2D eigenvalue weighted by molar-refractivity contribution is -0.0993. The van der Waals surface area contributed by atoms with Crippen molar-refractivity contribution in [1.29, 1.82) is 0 Å². The molecule has 0 amide bonds. The van der Waals surface area contributed by atoms with Crippen molar-refractivity contribution in [2.24, 2.45) is 0 Å². The van der Waals surface area contributed by atoms with Crippen LogP contribution < -0.4 is 0 Å². The summed E-state index contributed by atoms with van der Waals surface area (Å²) < 4.78 is 9.30. The Kier molecular flexibility index (Phi) is 4.45. The number of aromatic amines is 1. The fourth-order valence-electron chi connectivity index (χ4n) is 3.28. The molecule has 114 valence electrons. The van der Waals surface area contributed by atoms with Crippen molar-refractivity contribution < 1.29 is 4.74 Å². The maximum Gasteiger partial charge on any atom is 0.177 e. The van der Waals surface area contributed by atoms with Crippen LogP contribution in [0.15, 0.2) is 6.20 Å². The van der Waals surface area contributed by atoms with Crippen LogP contribution in [0.3, 0.4) is 0 Å². The van der Waals surface area contributed by atoms with E-state index in [1.807, 2.05) is 0 Å². The smallest absolute Gasteiger partial charge is 0.177 e. The summed E-state index contributed by atoms with van der Waals surface area (Å²) in [6.07, 6.45) is 6.34. The Hall–Kier alpha value is -0.610. The van der Waals surface area contributed by atoms with Gasteiger partial charge in [0.05, 0.1) is 5.60 Å². The number of H-pyrrole nitrogens is 1. The summed E-state index contributed by atoms with van der Waals surface area (Å²) in [5.41, 5.74) is 1.44. The van der Waals surface area contributed by atoms with E-state index < -0.39 is 0 Å². The van der Waals surface area contributed by atoms with E-state index in [9.17, 15) is 0 Å². The third kappa shape index (κ3) is 2.86. The van der Waals surface area contributed by atoms with Gasteiger partial charge in [-0.3, -0.25) is 0 Å². The van der Waals surface area contributed by atoms with Gasteiger partial charge in [0.2, 0.25) is 0 Å². The van der Waals surface area contributed by atoms with Gasteiger partial charge < -0.3 is 14.3 Å². The van der Waals surface area contributed by atoms with Gasteiger partial charge in [0, 0.05) is 30.0 Å². The van der Waals surface area contributed by atoms with Gasteiger partial charge in [-0.2, -0.15) is 0 Å². The second-order valence-corrected chi connectivity index (χ2v) is 7.37. The minimum atomic E-state index is 0.0319. The molecular weight excluding hydrogens is 268 g/mol. The predicted molar refractivity (Wildman–Crippen MR) is 85.9 cm³/mol. The molecule has 3 nitrogen and oxygen atoms in total. The first-order chi connectivity index (χ1) is 9.33. The fourth-order valence-corrected chi connectivity index (χ4v) is 3.59. The molecule has 0 aromatic carbocycles. The largest absolute Gasteiger partial charge is 0.375 e. The van der Waals surface area contributed by atoms with Crippen LogP contribution in [0.4, 0.5) is 0 Å². The number of hydrogen-bond donors (Lipinski definition) is 1. The molecule has 0 aliphatic carbocycles. The van der Waals surface area contributed by atoms with Gasteiger partial charge in [-0.1, -0.05) is 34.6 Å². The molecule has 0 saturated carbocycles. The average molecular weight is 296 g/mol. The molecule has 1 aliphatic rings. The first-order valence-electron chi connectivity index (χ1n) is 7.77. The van der Waals surface area contributed by atoms with Crippen molar-refractivity contribution in [2.75, 3.05) is 6.61 Å². The van der Waals surface area contributed by atoms with Crippen LogP contribution >= 0.6 is 12.2 Å². The summed E-state index contributed by atoms with van der Waals surface area (Å²) in [6.45, 7) is 12.0. The monoisotopic (exact) mass is 296 g/mol. The molecule has 20 heavy (non-hydrogen) atoms. The molecular formula is C16H28N2OS. The number of imidazole rings is 1. The number of nitrogens with one attached hydrogen (secondary N) is 1. The molecule has 4 heteroatoms. The summed E-state index contributed by atoms with van der Waals surface area (Å²) in [7, 11) is 0. The molecule has 0 bridgehead atoms. The van der Waals surface area contributed by atoms with Crippen LogP contribution in [0.1, 0.15) is 72.0 Å². The Morgan fingerprint density at radius 1 is 1.40 bits per heavy atom. The Morgan fingerprint density at radius 3 is 2.60 bits per heavy atom. The Bertz CT molecular complexity index is 505. The van der Waals surface area contributed by atoms with Crippen molar-refractivity contribution in [2.45, 2.75) is 77.4 Å². The maximum atomic E-state index is 6.10. The minimum Gasteiger partial charge on any atom is -0.375 e. The Balaban J connectivity index is 2.37. The van der Waals surface area contributed by atoms with E-state index in [0.717, 1.165) is 37.1 Å². The van der Waals surface area contributed by atoms with E-state index in [1.165, 1.54) is 5.69 Å². The zero-order chi connectivity index (χ0) is 15.0. The normalized spacial score (nSPS) is 22.9. The summed E-state index contributed by atoms with van der Waals surface area (Å²) in [6, 6.07) is 0.455. The highest BCUT2D eigenvalue weighted by molar-refractivity contribution is 7.71. The Labute approximate surface area is 127 Å². The predicted octanol–water partition coefficient (Wildman–Crippen LogP) is 4.75. The second kappa shape index (κ2) is 5.64. The van der Waals surface area contributed by atoms with Gasteiger partial charge in [-0.05, 0) is 37.9 Å². The summed E-state index contributed by atoms with van der Waals surface area (Å²) in [4.78, 5) is 3.24. The number of hydrogen-bond acceptors (Lipinski definition) is 2. The lowest BCUT2D eigenvalue weighted by Gasteiger charge is -2.41. The van der Waals surface area contributed by atoms with E-state index >= 15 is 0 Å². The molecule has 1 aromatic heterocycles. The van der Waals surface area contributed by atoms with Crippen molar-refractivity contribution in [3.8, 4) is 0 Å². The first-order valence-corrected chi connectivity index (χ1v) is 8.18. The van der Waals surface area contributed by atoms with Gasteiger partial charge >= 0.3 is 0 Å². The molecule has 1 aliphatic heterocycles. The molecule has 1 aromatic rings. The topological polar surface area (TPSA) is 29.9 Å². The standard InChI is InChI=1S/C16H28N2OS/c1-6-16(7-2)10-12(8-9-19-16)18-13(15(3,4)5)11-17-14(18)20/h11-12H,6-10H2,1-5H3,(H,17,20). The van der Waals surface area contributed by atoms with Crippen LogP contribution in [0.25, 0.3) is 0 Å². The van der Waals surface area contributed by atoms with Crippen LogP contribution in [0.2, 0.25) is 0 Å². The molecule has 0 spiro atoms. The highest BCUT2D eigenvalue weighted by atomic mass is 32.1. The van der Waals surface area contributed by atoms with E-state index in [-0.39, 0.29) is 11.0 Å². The van der Waals surface area contributed by atoms with Crippen molar-refractivity contribution in [3.63, 3.8) is 0 Å². The van der Waals surface area contributed by atoms with Crippen LogP contribution in [-0.4, -0.2) is 21.8 Å². The zero-order valence-electron chi connectivity index (χ0n) is 13.5. The lowest BCUT2D eigenvalue weighted by atomic mass is 9.85. The Morgan fingerprint density at radius 2 is 2.05 bits per heavy atom. The second-order valence-electron chi connectivity index (χ2n) is 6.98. The maximum absolute atomic E-state index is 6.10. The molecule has 1 atom stereocenters. The highest BCUT2D eigenvalue weighted by Gasteiger charge is 2.36. The lowest BCUT2D eigenvalue weighted by Crippen LogP contribution is -2.40. The van der Waals surface area contributed by atoms with Gasteiger partial charge in [0.15, 0.2) is 4.77 Å². The third-order valence-electron chi connectivity index (χ3n) is 4.70. The summed E-state index contributed by atoms with van der Waals surface area (Å²) in [5, 5.41) is 0. The SMILES string of the molecule is CCC1(CC)CC(n2c(C(C)(C)C)c[nH]c2=S)CCO1. The minimum absolute atomic E-state index is 0.0319. The van der Waals surface area contributed by atoms with E-state index in [4.69, 9.17) is 17.0 Å². The molecule has 2 heterocycles. The highest BCUT2D eigenvalue weighted by Crippen LogP contribution is 2.39. The molecule has 2 rings (SSSR count). The van der Waals surface area contributed by atoms with Crippen LogP contribution in [-0.2, 0) is 10.2 Å². The molecule has 1 N–H and O–H groups in total. The molecule has 1 saturated heterocycles. The van der Waals surface area contributed by atoms with Crippen molar-refractivity contribution >= 4 is 12.2 Å². The van der Waals surface area contributed by atoms with Gasteiger partial charge in [0.1, 0.15) is 0 Å². The van der Waals surface area contributed by atoms with Crippen molar-refractivity contribution in [3.05, 3.63) is 16.7 Å². The first kappa shape index (κ1) is 15.8. The number of nitrogens with zero attached hydrogens (tertiary/aromatic N) is 1. The van der Waals surface area contributed by atoms with Gasteiger partial charge in [-0.15, -0.1) is 0 Å². The quantitative estimate of drug-likeness (QED) is 0.815. The summed E-state index contributed by atoms with van der Waals surface area (Å²) in [5.74, 6) is 0. The van der Waals surface area contributed by atoms with Crippen molar-refractivity contribution in [1.82, 2.24) is 9.55 Å². The summed E-state index contributed by atoms with van der Waals surface area (Å²) >= 11 is 5.54.